The zero-order valence-corrected chi connectivity index (χ0v) is 13.3. The number of Topliss-reactive ketones (excluding diaryl/α,β-unsaturated/α-hetero) is 2. The molecule has 0 bridgehead atoms. The molecule has 156 valence electrons. The van der Waals surface area contributed by atoms with Gasteiger partial charge in [0.25, 0.3) is 0 Å². The molecule has 10 nitrogen and oxygen atoms in total. The molecule has 0 unspecified atom stereocenters. The Morgan fingerprint density at radius 2 is 0.852 bits per heavy atom. The fourth-order valence-electron chi connectivity index (χ4n) is 0.666. The predicted molar refractivity (Wildman–Crippen MR) is 58.2 cm³/mol. The molecule has 0 heterocycles. The van der Waals surface area contributed by atoms with E-state index in [2.05, 4.69) is 0 Å². The number of alkyl halides is 6. The Morgan fingerprint density at radius 3 is 1.00 bits per heavy atom. The summed E-state index contributed by atoms with van der Waals surface area (Å²) < 4.78 is 68.5. The first kappa shape index (κ1) is 29.1. The number of amides is 2. The van der Waals surface area contributed by atoms with Crippen molar-refractivity contribution in [1.29, 1.82) is 0 Å². The molecular weight excluding hydrogens is 449 g/mol. The van der Waals surface area contributed by atoms with Gasteiger partial charge in [-0.25, -0.2) is 0 Å². The Hall–Kier alpha value is -2.71. The SMILES string of the molecule is O=C([O-])C(=O)CNC(=O)C(F)(F)F.O=C([O-])C(=O)CNC(=O)C(F)(F)F.[Ni+2]. The van der Waals surface area contributed by atoms with Crippen LogP contribution in [0, 0.1) is 0 Å². The summed E-state index contributed by atoms with van der Waals surface area (Å²) in [4.78, 5) is 59.6. The smallest absolute Gasteiger partial charge is 0.542 e. The van der Waals surface area contributed by atoms with Crippen LogP contribution in [0.5, 0.6) is 0 Å². The van der Waals surface area contributed by atoms with Crippen molar-refractivity contribution in [2.24, 2.45) is 0 Å². The van der Waals surface area contributed by atoms with E-state index in [4.69, 9.17) is 0 Å². The number of hydrogen-bond donors (Lipinski definition) is 2. The number of hydrogen-bond acceptors (Lipinski definition) is 8. The third-order valence-corrected chi connectivity index (χ3v) is 1.79. The first-order valence-electron chi connectivity index (χ1n) is 5.68. The van der Waals surface area contributed by atoms with Crippen LogP contribution in [0.4, 0.5) is 26.3 Å². The molecule has 0 aromatic heterocycles. The zero-order valence-electron chi connectivity index (χ0n) is 12.3. The summed E-state index contributed by atoms with van der Waals surface area (Å²) in [5, 5.41) is 21.5. The van der Waals surface area contributed by atoms with Crippen molar-refractivity contribution in [3.8, 4) is 0 Å². The van der Waals surface area contributed by atoms with Crippen molar-refractivity contribution in [3.63, 3.8) is 0 Å². The van der Waals surface area contributed by atoms with Crippen LogP contribution in [0.1, 0.15) is 0 Å². The standard InChI is InChI=1S/2C5H4F3NO4.Ni/c2*6-5(7,8)4(13)9-1-2(10)3(11)12;/h2*1H2,(H,9,13)(H,11,12);/q;;+2/p-2. The second-order valence-corrected chi connectivity index (χ2v) is 3.78. The normalized spacial score (nSPS) is 10.3. The van der Waals surface area contributed by atoms with E-state index in [0.29, 0.717) is 0 Å². The first-order chi connectivity index (χ1) is 11.5. The minimum atomic E-state index is -5.13. The van der Waals surface area contributed by atoms with Crippen molar-refractivity contribution >= 4 is 35.3 Å². The molecular formula is C10H6F6N2NiO8. The molecule has 0 spiro atoms. The number of nitrogens with one attached hydrogen (secondary N) is 2. The minimum absolute atomic E-state index is 0. The summed E-state index contributed by atoms with van der Waals surface area (Å²) in [6.45, 7) is -2.47. The topological polar surface area (TPSA) is 173 Å². The number of aliphatic carboxylic acids is 2. The van der Waals surface area contributed by atoms with Gasteiger partial charge < -0.3 is 30.4 Å². The predicted octanol–water partition coefficient (Wildman–Crippen LogP) is -4.03. The average Bonchev–Trinajstić information content (AvgIpc) is 2.47. The van der Waals surface area contributed by atoms with Gasteiger partial charge in [-0.1, -0.05) is 0 Å². The van der Waals surface area contributed by atoms with Crippen LogP contribution in [0.15, 0.2) is 0 Å². The number of carbonyl (C=O) groups excluding carboxylic acids is 6. The van der Waals surface area contributed by atoms with E-state index in [1.165, 1.54) is 0 Å². The Labute approximate surface area is 154 Å². The summed E-state index contributed by atoms with van der Waals surface area (Å²) in [6.07, 6.45) is -10.3. The molecule has 0 rings (SSSR count). The fourth-order valence-corrected chi connectivity index (χ4v) is 0.666. The van der Waals surface area contributed by atoms with E-state index in [0.717, 1.165) is 10.6 Å². The molecule has 2 amide bonds. The second-order valence-electron chi connectivity index (χ2n) is 3.78. The molecule has 27 heavy (non-hydrogen) atoms. The van der Waals surface area contributed by atoms with Crippen LogP contribution in [-0.2, 0) is 45.3 Å². The van der Waals surface area contributed by atoms with E-state index >= 15 is 0 Å². The largest absolute Gasteiger partial charge is 2.00 e. The van der Waals surface area contributed by atoms with E-state index in [9.17, 15) is 65.3 Å². The van der Waals surface area contributed by atoms with Gasteiger partial charge in [0.1, 0.15) is 11.9 Å². The molecule has 0 aliphatic heterocycles. The molecule has 0 aromatic carbocycles. The summed E-state index contributed by atoms with van der Waals surface area (Å²) in [6, 6.07) is 0. The van der Waals surface area contributed by atoms with Gasteiger partial charge in [0.15, 0.2) is 11.6 Å². The van der Waals surface area contributed by atoms with Crippen LogP contribution in [0.3, 0.4) is 0 Å². The summed E-state index contributed by atoms with van der Waals surface area (Å²) in [5.41, 5.74) is 0. The van der Waals surface area contributed by atoms with Crippen LogP contribution < -0.4 is 20.8 Å². The molecule has 0 fully saturated rings. The summed E-state index contributed by atoms with van der Waals surface area (Å²) in [5.74, 6) is -12.3. The Kier molecular flexibility index (Phi) is 12.7. The van der Waals surface area contributed by atoms with Crippen molar-refractivity contribution in [2.45, 2.75) is 12.4 Å². The van der Waals surface area contributed by atoms with Crippen molar-refractivity contribution < 1.29 is 81.8 Å². The Morgan fingerprint density at radius 1 is 0.630 bits per heavy atom. The monoisotopic (exact) mass is 454 g/mol. The maximum atomic E-state index is 11.4. The summed E-state index contributed by atoms with van der Waals surface area (Å²) in [7, 11) is 0. The van der Waals surface area contributed by atoms with Crippen LogP contribution in [-0.4, -0.2) is 60.8 Å². The van der Waals surface area contributed by atoms with Gasteiger partial charge in [-0.15, -0.1) is 0 Å². The van der Waals surface area contributed by atoms with E-state index in [-0.39, 0.29) is 16.5 Å². The van der Waals surface area contributed by atoms with Crippen molar-refractivity contribution in [1.82, 2.24) is 10.6 Å². The molecule has 0 atom stereocenters. The van der Waals surface area contributed by atoms with Gasteiger partial charge >= 0.3 is 40.7 Å². The fraction of sp³-hybridized carbons (Fsp3) is 0.400. The second kappa shape index (κ2) is 11.8. The number of carbonyl (C=O) groups is 6. The molecule has 0 aliphatic carbocycles. The third kappa shape index (κ3) is 14.2. The number of ketones is 2. The van der Waals surface area contributed by atoms with Gasteiger partial charge in [-0.05, 0) is 0 Å². The van der Waals surface area contributed by atoms with E-state index in [1.807, 2.05) is 0 Å². The van der Waals surface area contributed by atoms with Gasteiger partial charge in [-0.3, -0.25) is 19.2 Å². The molecule has 17 heteroatoms. The third-order valence-electron chi connectivity index (χ3n) is 1.79. The summed E-state index contributed by atoms with van der Waals surface area (Å²) >= 11 is 0. The molecule has 0 radical (unpaired) electrons. The minimum Gasteiger partial charge on any atom is -0.542 e. The number of carboxylic acids is 2. The molecule has 0 saturated heterocycles. The van der Waals surface area contributed by atoms with Gasteiger partial charge in [0.2, 0.25) is 0 Å². The number of halogens is 6. The molecule has 0 aromatic rings. The quantitative estimate of drug-likeness (QED) is 0.232. The average molecular weight is 455 g/mol. The number of carboxylic acid groups (broad SMARTS) is 2. The van der Waals surface area contributed by atoms with Crippen molar-refractivity contribution in [2.75, 3.05) is 13.1 Å². The Balaban J connectivity index is -0.000000411. The molecule has 0 aliphatic rings. The zero-order chi connectivity index (χ0) is 21.3. The van der Waals surface area contributed by atoms with Crippen LogP contribution >= 0.6 is 0 Å². The molecule has 2 N–H and O–H groups in total. The van der Waals surface area contributed by atoms with Gasteiger partial charge in [-0.2, -0.15) is 26.3 Å². The maximum absolute atomic E-state index is 11.4. The number of rotatable bonds is 6. The van der Waals surface area contributed by atoms with Gasteiger partial charge in [0.05, 0.1) is 13.1 Å². The Bertz CT molecular complexity index is 551. The van der Waals surface area contributed by atoms with Gasteiger partial charge in [0, 0.05) is 0 Å². The maximum Gasteiger partial charge on any atom is 2.00 e. The van der Waals surface area contributed by atoms with Crippen molar-refractivity contribution in [3.05, 3.63) is 0 Å². The van der Waals surface area contributed by atoms with Crippen LogP contribution in [0.25, 0.3) is 0 Å². The van der Waals surface area contributed by atoms with Crippen LogP contribution in [0.2, 0.25) is 0 Å². The van der Waals surface area contributed by atoms with E-state index in [1.54, 1.807) is 0 Å². The van der Waals surface area contributed by atoms with E-state index < -0.39 is 60.8 Å². The molecule has 0 saturated carbocycles. The first-order valence-corrected chi connectivity index (χ1v) is 5.68.